The van der Waals surface area contributed by atoms with Crippen molar-refractivity contribution >= 4 is 6.03 Å². The number of morpholine rings is 1. The van der Waals surface area contributed by atoms with Crippen LogP contribution in [0, 0.1) is 11.8 Å². The van der Waals surface area contributed by atoms with Crippen molar-refractivity contribution in [3.05, 3.63) is 0 Å². The number of ether oxygens (including phenoxy) is 1. The zero-order valence-electron chi connectivity index (χ0n) is 15.5. The molecule has 0 bridgehead atoms. The fraction of sp³-hybridized carbons (Fsp3) is 0.950. The van der Waals surface area contributed by atoms with Gasteiger partial charge in [-0.15, -0.1) is 0 Å². The van der Waals surface area contributed by atoms with Crippen molar-refractivity contribution in [3.63, 3.8) is 0 Å². The standard InChI is InChI=1S/C20H35N3O2/c24-20(21-12-18-13-23-11-5-10-17(23)14-25-18)22-19(15-6-1-2-7-15)16-8-3-4-9-16/h15-19H,1-14H2,(H2,21,22,24). The van der Waals surface area contributed by atoms with Crippen LogP contribution in [0.15, 0.2) is 0 Å². The molecule has 2 amide bonds. The quantitative estimate of drug-likeness (QED) is 0.802. The van der Waals surface area contributed by atoms with Gasteiger partial charge in [-0.25, -0.2) is 4.79 Å². The highest BCUT2D eigenvalue weighted by atomic mass is 16.5. The first-order chi connectivity index (χ1) is 12.3. The summed E-state index contributed by atoms with van der Waals surface area (Å²) in [5.74, 6) is 1.40. The van der Waals surface area contributed by atoms with Crippen LogP contribution in [0.4, 0.5) is 4.79 Å². The van der Waals surface area contributed by atoms with E-state index in [0.29, 0.717) is 30.5 Å². The SMILES string of the molecule is O=C(NCC1CN2CCCC2CO1)NC(C1CCCC1)C1CCCC1. The van der Waals surface area contributed by atoms with Crippen LogP contribution in [0.2, 0.25) is 0 Å². The number of nitrogens with zero attached hydrogens (tertiary/aromatic N) is 1. The minimum atomic E-state index is 0.0240. The summed E-state index contributed by atoms with van der Waals surface area (Å²) in [7, 11) is 0. The highest BCUT2D eigenvalue weighted by Gasteiger charge is 2.35. The van der Waals surface area contributed by atoms with Crippen molar-refractivity contribution in [1.29, 1.82) is 0 Å². The first-order valence-corrected chi connectivity index (χ1v) is 10.7. The van der Waals surface area contributed by atoms with Gasteiger partial charge in [0, 0.05) is 25.2 Å². The maximum atomic E-state index is 12.5. The number of carbonyl (C=O) groups excluding carboxylic acids is 1. The van der Waals surface area contributed by atoms with Gasteiger partial charge in [-0.3, -0.25) is 4.90 Å². The molecule has 0 aromatic heterocycles. The second-order valence-corrected chi connectivity index (χ2v) is 8.72. The van der Waals surface area contributed by atoms with Gasteiger partial charge < -0.3 is 15.4 Å². The molecule has 4 aliphatic rings. The van der Waals surface area contributed by atoms with Crippen molar-refractivity contribution in [3.8, 4) is 0 Å². The lowest BCUT2D eigenvalue weighted by Gasteiger charge is -2.35. The fourth-order valence-electron chi connectivity index (χ4n) is 5.67. The number of carbonyl (C=O) groups is 1. The third kappa shape index (κ3) is 4.30. The number of urea groups is 1. The summed E-state index contributed by atoms with van der Waals surface area (Å²) in [6.45, 7) is 3.64. The molecule has 0 aromatic carbocycles. The zero-order valence-corrected chi connectivity index (χ0v) is 15.5. The Morgan fingerprint density at radius 3 is 2.36 bits per heavy atom. The van der Waals surface area contributed by atoms with Gasteiger partial charge in [0.2, 0.25) is 0 Å². The maximum absolute atomic E-state index is 12.5. The van der Waals surface area contributed by atoms with E-state index in [4.69, 9.17) is 4.74 Å². The summed E-state index contributed by atoms with van der Waals surface area (Å²) < 4.78 is 5.96. The largest absolute Gasteiger partial charge is 0.373 e. The fourth-order valence-corrected chi connectivity index (χ4v) is 5.67. The molecule has 2 aliphatic heterocycles. The Balaban J connectivity index is 1.25. The van der Waals surface area contributed by atoms with Crippen LogP contribution in [0.5, 0.6) is 0 Å². The van der Waals surface area contributed by atoms with Gasteiger partial charge in [-0.2, -0.15) is 0 Å². The molecule has 2 saturated heterocycles. The smallest absolute Gasteiger partial charge is 0.315 e. The predicted octanol–water partition coefficient (Wildman–Crippen LogP) is 2.90. The average Bonchev–Trinajstić information content (AvgIpc) is 3.39. The van der Waals surface area contributed by atoms with Gasteiger partial charge in [0.15, 0.2) is 0 Å². The van der Waals surface area contributed by atoms with Crippen molar-refractivity contribution in [2.24, 2.45) is 11.8 Å². The van der Waals surface area contributed by atoms with E-state index in [2.05, 4.69) is 15.5 Å². The molecule has 2 N–H and O–H groups in total. The highest BCUT2D eigenvalue weighted by Crippen LogP contribution is 2.37. The second kappa shape index (κ2) is 8.26. The van der Waals surface area contributed by atoms with Gasteiger partial charge in [0.1, 0.15) is 0 Å². The second-order valence-electron chi connectivity index (χ2n) is 8.72. The van der Waals surface area contributed by atoms with Gasteiger partial charge >= 0.3 is 6.03 Å². The Kier molecular flexibility index (Phi) is 5.81. The van der Waals surface area contributed by atoms with Gasteiger partial charge in [-0.05, 0) is 56.9 Å². The van der Waals surface area contributed by atoms with E-state index in [1.165, 1.54) is 70.8 Å². The summed E-state index contributed by atoms with van der Waals surface area (Å²) in [6.07, 6.45) is 13.2. The van der Waals surface area contributed by atoms with Gasteiger partial charge in [-0.1, -0.05) is 25.7 Å². The van der Waals surface area contributed by atoms with Crippen LogP contribution in [0.1, 0.15) is 64.2 Å². The summed E-state index contributed by atoms with van der Waals surface area (Å²) >= 11 is 0. The zero-order chi connectivity index (χ0) is 17.1. The van der Waals surface area contributed by atoms with Gasteiger partial charge in [0.25, 0.3) is 0 Å². The Bertz CT molecular complexity index is 430. The molecule has 2 atom stereocenters. The van der Waals surface area contributed by atoms with E-state index >= 15 is 0 Å². The lowest BCUT2D eigenvalue weighted by Crippen LogP contribution is -2.53. The van der Waals surface area contributed by atoms with E-state index in [0.717, 1.165) is 13.2 Å². The number of amides is 2. The number of fused-ring (bicyclic) bond motifs is 1. The summed E-state index contributed by atoms with van der Waals surface area (Å²) in [5.41, 5.74) is 0. The summed E-state index contributed by atoms with van der Waals surface area (Å²) in [4.78, 5) is 15.1. The molecule has 0 aromatic rings. The Labute approximate surface area is 152 Å². The van der Waals surface area contributed by atoms with E-state index in [1.54, 1.807) is 0 Å². The number of hydrogen-bond acceptors (Lipinski definition) is 3. The van der Waals surface area contributed by atoms with Crippen molar-refractivity contribution in [1.82, 2.24) is 15.5 Å². The van der Waals surface area contributed by atoms with E-state index in [-0.39, 0.29) is 12.1 Å². The maximum Gasteiger partial charge on any atom is 0.315 e. The monoisotopic (exact) mass is 349 g/mol. The lowest BCUT2D eigenvalue weighted by molar-refractivity contribution is -0.0458. The minimum absolute atomic E-state index is 0.0240. The molecule has 142 valence electrons. The Morgan fingerprint density at radius 2 is 1.68 bits per heavy atom. The molecule has 4 fully saturated rings. The lowest BCUT2D eigenvalue weighted by atomic mass is 9.86. The van der Waals surface area contributed by atoms with Crippen LogP contribution in [-0.4, -0.2) is 55.4 Å². The number of rotatable bonds is 5. The van der Waals surface area contributed by atoms with Crippen LogP contribution in [0.3, 0.4) is 0 Å². The molecule has 2 aliphatic carbocycles. The third-order valence-electron chi connectivity index (χ3n) is 7.06. The van der Waals surface area contributed by atoms with Crippen LogP contribution in [-0.2, 0) is 4.74 Å². The first kappa shape index (κ1) is 17.6. The number of hydrogen-bond donors (Lipinski definition) is 2. The van der Waals surface area contributed by atoms with Crippen LogP contribution < -0.4 is 10.6 Å². The molecule has 4 rings (SSSR count). The summed E-state index contributed by atoms with van der Waals surface area (Å²) in [5, 5.41) is 6.48. The van der Waals surface area contributed by atoms with Crippen LogP contribution >= 0.6 is 0 Å². The normalized spacial score (nSPS) is 31.6. The first-order valence-electron chi connectivity index (χ1n) is 10.7. The molecule has 0 spiro atoms. The Hall–Kier alpha value is -0.810. The van der Waals surface area contributed by atoms with E-state index < -0.39 is 0 Å². The van der Waals surface area contributed by atoms with E-state index in [9.17, 15) is 4.79 Å². The third-order valence-corrected chi connectivity index (χ3v) is 7.06. The van der Waals surface area contributed by atoms with Crippen molar-refractivity contribution in [2.75, 3.05) is 26.2 Å². The molecule has 5 heteroatoms. The minimum Gasteiger partial charge on any atom is -0.373 e. The predicted molar refractivity (Wildman–Crippen MR) is 98.6 cm³/mol. The molecular formula is C20H35N3O2. The molecule has 2 saturated carbocycles. The average molecular weight is 350 g/mol. The Morgan fingerprint density at radius 1 is 1.00 bits per heavy atom. The van der Waals surface area contributed by atoms with Gasteiger partial charge in [0.05, 0.1) is 12.7 Å². The number of nitrogens with one attached hydrogen (secondary N) is 2. The van der Waals surface area contributed by atoms with Crippen LogP contribution in [0.25, 0.3) is 0 Å². The molecule has 5 nitrogen and oxygen atoms in total. The molecule has 2 unspecified atom stereocenters. The topological polar surface area (TPSA) is 53.6 Å². The molecule has 2 heterocycles. The van der Waals surface area contributed by atoms with Crippen molar-refractivity contribution in [2.45, 2.75) is 82.4 Å². The molecule has 25 heavy (non-hydrogen) atoms. The summed E-state index contributed by atoms with van der Waals surface area (Å²) in [6, 6.07) is 1.04. The molecular weight excluding hydrogens is 314 g/mol. The van der Waals surface area contributed by atoms with Crippen molar-refractivity contribution < 1.29 is 9.53 Å². The highest BCUT2D eigenvalue weighted by molar-refractivity contribution is 5.74. The van der Waals surface area contributed by atoms with E-state index in [1.807, 2.05) is 0 Å². The molecule has 0 radical (unpaired) electrons.